The molecular formula is C32H43ClN4O4. The highest BCUT2D eigenvalue weighted by Gasteiger charge is 2.72. The molecule has 4 heterocycles. The van der Waals surface area contributed by atoms with E-state index in [2.05, 4.69) is 22.5 Å². The van der Waals surface area contributed by atoms with E-state index in [0.29, 0.717) is 23.3 Å². The van der Waals surface area contributed by atoms with E-state index in [9.17, 15) is 14.4 Å². The largest absolute Gasteiger partial charge is 0.359 e. The number of hydrogen-bond acceptors (Lipinski definition) is 5. The average Bonchev–Trinajstić information content (AvgIpc) is 3.62. The Morgan fingerprint density at radius 3 is 2.54 bits per heavy atom. The molecule has 3 amide bonds. The van der Waals surface area contributed by atoms with E-state index in [0.717, 1.165) is 51.6 Å². The number of piperidine rings is 1. The quantitative estimate of drug-likeness (QED) is 0.418. The third kappa shape index (κ3) is 5.43. The molecule has 9 heteroatoms. The Hall–Kier alpha value is -2.42. The van der Waals surface area contributed by atoms with Gasteiger partial charge in [-0.3, -0.25) is 14.4 Å². The molecule has 4 aliphatic heterocycles. The predicted octanol–water partition coefficient (Wildman–Crippen LogP) is 4.53. The van der Waals surface area contributed by atoms with Gasteiger partial charge in [0.25, 0.3) is 0 Å². The normalized spacial score (nSPS) is 33.3. The number of carbonyl (C=O) groups is 3. The van der Waals surface area contributed by atoms with Crippen LogP contribution in [0, 0.1) is 11.8 Å². The first-order valence-electron chi connectivity index (χ1n) is 15.7. The molecule has 8 nitrogen and oxygen atoms in total. The maximum Gasteiger partial charge on any atom is 0.246 e. The van der Waals surface area contributed by atoms with Crippen molar-refractivity contribution in [1.29, 1.82) is 0 Å². The zero-order chi connectivity index (χ0) is 28.6. The van der Waals surface area contributed by atoms with Crippen molar-refractivity contribution in [3.8, 4) is 0 Å². The Morgan fingerprint density at radius 1 is 1.02 bits per heavy atom. The first kappa shape index (κ1) is 28.7. The van der Waals surface area contributed by atoms with E-state index in [4.69, 9.17) is 16.3 Å². The van der Waals surface area contributed by atoms with E-state index in [1.165, 1.54) is 25.7 Å². The lowest BCUT2D eigenvalue weighted by molar-refractivity contribution is -0.141. The topological polar surface area (TPSA) is 91.0 Å². The number of fused-ring (bicyclic) bond motifs is 1. The van der Waals surface area contributed by atoms with Crippen molar-refractivity contribution in [1.82, 2.24) is 15.1 Å². The van der Waals surface area contributed by atoms with Crippen LogP contribution >= 0.6 is 11.6 Å². The number of nitrogens with one attached hydrogen (secondary N) is 2. The molecular weight excluding hydrogens is 540 g/mol. The maximum absolute atomic E-state index is 14.2. The lowest BCUT2D eigenvalue weighted by Crippen LogP contribution is -2.56. The second-order valence-electron chi connectivity index (χ2n) is 12.5. The van der Waals surface area contributed by atoms with Crippen LogP contribution < -0.4 is 10.6 Å². The number of ether oxygens (including phenoxy) is 1. The number of hydrogen-bond donors (Lipinski definition) is 2. The molecule has 3 saturated heterocycles. The van der Waals surface area contributed by atoms with Crippen LogP contribution in [0.1, 0.15) is 71.1 Å². The lowest BCUT2D eigenvalue weighted by Gasteiger charge is -2.36. The third-order valence-electron chi connectivity index (χ3n) is 10.1. The van der Waals surface area contributed by atoms with Crippen molar-refractivity contribution in [2.45, 2.75) is 101 Å². The van der Waals surface area contributed by atoms with E-state index < -0.39 is 29.6 Å². The summed E-state index contributed by atoms with van der Waals surface area (Å²) in [7, 11) is 0. The molecule has 1 aliphatic carbocycles. The van der Waals surface area contributed by atoms with Gasteiger partial charge in [-0.05, 0) is 69.3 Å². The van der Waals surface area contributed by atoms with Crippen LogP contribution in [0.4, 0.5) is 5.69 Å². The van der Waals surface area contributed by atoms with Crippen LogP contribution in [0.5, 0.6) is 0 Å². The Morgan fingerprint density at radius 2 is 1.78 bits per heavy atom. The summed E-state index contributed by atoms with van der Waals surface area (Å²) >= 11 is 6.02. The van der Waals surface area contributed by atoms with Gasteiger partial charge in [0.2, 0.25) is 17.7 Å². The van der Waals surface area contributed by atoms with Crippen molar-refractivity contribution in [2.75, 3.05) is 25.0 Å². The minimum atomic E-state index is -1.13. The van der Waals surface area contributed by atoms with Gasteiger partial charge in [0, 0.05) is 35.9 Å². The van der Waals surface area contributed by atoms with Gasteiger partial charge in [0.05, 0.1) is 17.9 Å². The van der Waals surface area contributed by atoms with Gasteiger partial charge >= 0.3 is 0 Å². The molecule has 1 aromatic carbocycles. The molecule has 1 spiro atoms. The first-order chi connectivity index (χ1) is 19.9. The van der Waals surface area contributed by atoms with E-state index in [1.807, 2.05) is 12.2 Å². The van der Waals surface area contributed by atoms with Crippen LogP contribution in [-0.2, 0) is 19.1 Å². The number of benzene rings is 1. The fraction of sp³-hybridized carbons (Fsp3) is 0.656. The number of carbonyl (C=O) groups excluding carboxylic acids is 3. The van der Waals surface area contributed by atoms with Crippen LogP contribution in [-0.4, -0.2) is 77.0 Å². The number of nitrogens with zero attached hydrogens (tertiary/aromatic N) is 2. The van der Waals surface area contributed by atoms with E-state index in [1.54, 1.807) is 29.2 Å². The average molecular weight is 583 g/mol. The molecule has 222 valence electrons. The zero-order valence-electron chi connectivity index (χ0n) is 24.0. The highest BCUT2D eigenvalue weighted by molar-refractivity contribution is 6.30. The number of rotatable bonds is 9. The molecule has 1 saturated carbocycles. The Kier molecular flexibility index (Phi) is 8.44. The fourth-order valence-corrected chi connectivity index (χ4v) is 8.18. The number of amides is 3. The molecule has 41 heavy (non-hydrogen) atoms. The molecule has 6 atom stereocenters. The minimum Gasteiger partial charge on any atom is -0.359 e. The maximum atomic E-state index is 14.2. The van der Waals surface area contributed by atoms with Gasteiger partial charge < -0.3 is 25.2 Å². The van der Waals surface area contributed by atoms with Crippen molar-refractivity contribution >= 4 is 35.0 Å². The molecule has 0 aromatic heterocycles. The van der Waals surface area contributed by atoms with Crippen LogP contribution in [0.25, 0.3) is 0 Å². The molecule has 1 aromatic rings. The molecule has 6 rings (SSSR count). The lowest BCUT2D eigenvalue weighted by atomic mass is 9.74. The van der Waals surface area contributed by atoms with Crippen LogP contribution in [0.15, 0.2) is 36.4 Å². The van der Waals surface area contributed by atoms with Crippen LogP contribution in [0.2, 0.25) is 5.02 Å². The van der Waals surface area contributed by atoms with Gasteiger partial charge in [-0.25, -0.2) is 0 Å². The summed E-state index contributed by atoms with van der Waals surface area (Å²) in [5.41, 5.74) is -0.513. The second-order valence-corrected chi connectivity index (χ2v) is 13.0. The van der Waals surface area contributed by atoms with Gasteiger partial charge in [-0.15, -0.1) is 0 Å². The van der Waals surface area contributed by atoms with Crippen molar-refractivity contribution in [3.63, 3.8) is 0 Å². The van der Waals surface area contributed by atoms with Gasteiger partial charge in [-0.2, -0.15) is 0 Å². The number of anilines is 1. The van der Waals surface area contributed by atoms with Crippen molar-refractivity contribution < 1.29 is 19.1 Å². The smallest absolute Gasteiger partial charge is 0.246 e. The molecule has 5 aliphatic rings. The van der Waals surface area contributed by atoms with Crippen molar-refractivity contribution in [2.24, 2.45) is 11.8 Å². The molecule has 2 bridgehead atoms. The summed E-state index contributed by atoms with van der Waals surface area (Å²) in [6.07, 6.45) is 14.2. The minimum absolute atomic E-state index is 0.119. The predicted molar refractivity (Wildman–Crippen MR) is 158 cm³/mol. The number of likely N-dealkylation sites (tertiary alicyclic amines) is 2. The highest BCUT2D eigenvalue weighted by Crippen LogP contribution is 2.55. The Balaban J connectivity index is 1.23. The summed E-state index contributed by atoms with van der Waals surface area (Å²) in [5, 5.41) is 6.81. The van der Waals surface area contributed by atoms with Gasteiger partial charge in [-0.1, -0.05) is 56.4 Å². The molecule has 0 unspecified atom stereocenters. The summed E-state index contributed by atoms with van der Waals surface area (Å²) in [4.78, 5) is 46.1. The highest BCUT2D eigenvalue weighted by atomic mass is 35.5. The van der Waals surface area contributed by atoms with Gasteiger partial charge in [0.1, 0.15) is 11.6 Å². The second kappa shape index (κ2) is 12.1. The van der Waals surface area contributed by atoms with E-state index >= 15 is 0 Å². The summed E-state index contributed by atoms with van der Waals surface area (Å²) < 4.78 is 6.50. The van der Waals surface area contributed by atoms with E-state index in [-0.39, 0.29) is 23.8 Å². The SMILES string of the molecule is CC[C@@H]1CCCCN1CCCN1C(=O)[C@@H]2[C@@H](C(=O)Nc3ccc(Cl)cc3)[C@@H]3C=C[C@@]2(O3)[C@H]1C(=O)NC1CCCCC1. The van der Waals surface area contributed by atoms with Gasteiger partial charge in [0.15, 0.2) is 0 Å². The molecule has 0 radical (unpaired) electrons. The third-order valence-corrected chi connectivity index (χ3v) is 10.3. The standard InChI is InChI=1S/C32H43ClN4O4/c1-2-24-11-6-7-18-36(24)19-8-20-37-28(30(39)35-22-9-4-3-5-10-22)32-17-16-25(41-32)26(27(32)31(37)40)29(38)34-23-14-12-21(33)13-15-23/h12-17,22,24-28H,2-11,18-20H2,1H3,(H,34,38)(H,35,39)/t24-,25+,26+,27+,28-,32+/m1/s1. The Labute approximate surface area is 248 Å². The summed E-state index contributed by atoms with van der Waals surface area (Å²) in [6, 6.07) is 6.85. The zero-order valence-corrected chi connectivity index (χ0v) is 24.8. The summed E-state index contributed by atoms with van der Waals surface area (Å²) in [6.45, 7) is 4.70. The molecule has 2 N–H and O–H groups in total. The number of halogens is 1. The first-order valence-corrected chi connectivity index (χ1v) is 16.1. The van der Waals surface area contributed by atoms with Crippen LogP contribution in [0.3, 0.4) is 0 Å². The molecule has 4 fully saturated rings. The van der Waals surface area contributed by atoms with Crippen molar-refractivity contribution in [3.05, 3.63) is 41.4 Å². The fourth-order valence-electron chi connectivity index (χ4n) is 8.05. The Bertz CT molecular complexity index is 1170. The summed E-state index contributed by atoms with van der Waals surface area (Å²) in [5.74, 6) is -2.01. The monoisotopic (exact) mass is 582 g/mol.